The molecule has 0 radical (unpaired) electrons. The predicted octanol–water partition coefficient (Wildman–Crippen LogP) is 17.6. The van der Waals surface area contributed by atoms with Crippen LogP contribution in [0.1, 0.15) is 245 Å². The molecule has 0 spiro atoms. The fraction of sp³-hybridized carbons (Fsp3) is 0.707. The molecule has 0 N–H and O–H groups in total. The summed E-state index contributed by atoms with van der Waals surface area (Å²) in [5.74, 6) is -0.961. The molecule has 0 saturated heterocycles. The molecule has 0 amide bonds. The molecular formula is C58H98O6. The average molecular weight is 891 g/mol. The zero-order valence-electron chi connectivity index (χ0n) is 41.8. The van der Waals surface area contributed by atoms with Crippen LogP contribution in [-0.2, 0) is 28.6 Å². The van der Waals surface area contributed by atoms with E-state index in [1.807, 2.05) is 0 Å². The van der Waals surface area contributed by atoms with Crippen LogP contribution in [0.3, 0.4) is 0 Å². The lowest BCUT2D eigenvalue weighted by Crippen LogP contribution is -2.30. The van der Waals surface area contributed by atoms with Gasteiger partial charge in [0.25, 0.3) is 0 Å². The van der Waals surface area contributed by atoms with E-state index in [9.17, 15) is 14.4 Å². The molecule has 64 heavy (non-hydrogen) atoms. The van der Waals surface area contributed by atoms with Gasteiger partial charge in [-0.2, -0.15) is 0 Å². The molecule has 0 bridgehead atoms. The summed E-state index contributed by atoms with van der Waals surface area (Å²) in [5.41, 5.74) is 0. The van der Waals surface area contributed by atoms with Gasteiger partial charge in [0, 0.05) is 19.3 Å². The standard InChI is InChI=1S/C58H98O6/c1-4-7-10-13-16-19-22-25-27-28-29-31-33-36-39-42-45-48-51-57(60)63-54-55(53-62-56(59)50-47-44-41-38-35-32-24-21-18-15-12-9-6-3)64-58(61)52-49-46-43-40-37-34-30-26-23-20-17-14-11-8-5-2/h8,11-12,15,17,20-21,24,26-28,30,37,40,55H,4-7,9-10,13-14,16,18-19,22-23,25,29,31-36,38-39,41-54H2,1-3H3/b11-8-,15-12-,20-17-,24-21-,28-27-,30-26-,40-37-. The Bertz CT molecular complexity index is 1250. The summed E-state index contributed by atoms with van der Waals surface area (Å²) < 4.78 is 16.8. The third kappa shape index (κ3) is 49.6. The number of esters is 3. The Kier molecular flexibility index (Phi) is 49.4. The van der Waals surface area contributed by atoms with Gasteiger partial charge in [0.1, 0.15) is 13.2 Å². The minimum absolute atomic E-state index is 0.100. The first kappa shape index (κ1) is 60.6. The Labute approximate surface area is 395 Å². The first-order valence-corrected chi connectivity index (χ1v) is 26.6. The maximum atomic E-state index is 12.8. The molecule has 0 saturated carbocycles. The van der Waals surface area contributed by atoms with Gasteiger partial charge in [-0.15, -0.1) is 0 Å². The Morgan fingerprint density at radius 3 is 1.06 bits per heavy atom. The van der Waals surface area contributed by atoms with Crippen LogP contribution < -0.4 is 0 Å². The number of unbranched alkanes of at least 4 members (excludes halogenated alkanes) is 22. The highest BCUT2D eigenvalue weighted by Crippen LogP contribution is 2.14. The molecule has 0 rings (SSSR count). The monoisotopic (exact) mass is 891 g/mol. The second-order valence-electron chi connectivity index (χ2n) is 17.4. The molecule has 6 nitrogen and oxygen atoms in total. The molecule has 6 heteroatoms. The Morgan fingerprint density at radius 1 is 0.328 bits per heavy atom. The second-order valence-corrected chi connectivity index (χ2v) is 17.4. The lowest BCUT2D eigenvalue weighted by molar-refractivity contribution is -0.167. The van der Waals surface area contributed by atoms with E-state index < -0.39 is 6.10 Å². The number of ether oxygens (including phenoxy) is 3. The van der Waals surface area contributed by atoms with Crippen LogP contribution in [0.5, 0.6) is 0 Å². The van der Waals surface area contributed by atoms with Gasteiger partial charge >= 0.3 is 17.9 Å². The number of carbonyl (C=O) groups excluding carboxylic acids is 3. The second kappa shape index (κ2) is 52.2. The summed E-state index contributed by atoms with van der Waals surface area (Å²) in [6, 6.07) is 0. The highest BCUT2D eigenvalue weighted by atomic mass is 16.6. The molecule has 366 valence electrons. The quantitative estimate of drug-likeness (QED) is 0.0262. The molecule has 0 aromatic heterocycles. The third-order valence-electron chi connectivity index (χ3n) is 11.1. The van der Waals surface area contributed by atoms with Crippen molar-refractivity contribution in [3.8, 4) is 0 Å². The van der Waals surface area contributed by atoms with Gasteiger partial charge < -0.3 is 14.2 Å². The molecule has 0 aliphatic rings. The Balaban J connectivity index is 4.45. The summed E-state index contributed by atoms with van der Waals surface area (Å²) in [4.78, 5) is 38.0. The van der Waals surface area contributed by atoms with Crippen molar-refractivity contribution in [2.45, 2.75) is 252 Å². The van der Waals surface area contributed by atoms with Gasteiger partial charge in [0.2, 0.25) is 0 Å². The van der Waals surface area contributed by atoms with Crippen LogP contribution in [0.2, 0.25) is 0 Å². The smallest absolute Gasteiger partial charge is 0.306 e. The van der Waals surface area contributed by atoms with Crippen LogP contribution in [0, 0.1) is 0 Å². The first-order chi connectivity index (χ1) is 31.5. The normalized spacial score (nSPS) is 12.7. The summed E-state index contributed by atoms with van der Waals surface area (Å²) in [6.45, 7) is 6.41. The van der Waals surface area contributed by atoms with E-state index in [0.29, 0.717) is 19.3 Å². The lowest BCUT2D eigenvalue weighted by atomic mass is 10.1. The van der Waals surface area contributed by atoms with Crippen molar-refractivity contribution in [1.29, 1.82) is 0 Å². The van der Waals surface area contributed by atoms with E-state index in [4.69, 9.17) is 14.2 Å². The summed E-state index contributed by atoms with van der Waals surface area (Å²) >= 11 is 0. The van der Waals surface area contributed by atoms with Gasteiger partial charge in [-0.25, -0.2) is 0 Å². The van der Waals surface area contributed by atoms with Crippen molar-refractivity contribution < 1.29 is 28.6 Å². The van der Waals surface area contributed by atoms with Crippen molar-refractivity contribution in [3.05, 3.63) is 85.1 Å². The molecule has 0 heterocycles. The molecular weight excluding hydrogens is 793 g/mol. The summed E-state index contributed by atoms with van der Waals surface area (Å²) in [6.07, 6.45) is 67.1. The minimum Gasteiger partial charge on any atom is -0.462 e. The van der Waals surface area contributed by atoms with Crippen molar-refractivity contribution >= 4 is 17.9 Å². The summed E-state index contributed by atoms with van der Waals surface area (Å²) in [7, 11) is 0. The highest BCUT2D eigenvalue weighted by molar-refractivity contribution is 5.71. The van der Waals surface area contributed by atoms with E-state index in [1.54, 1.807) is 0 Å². The maximum absolute atomic E-state index is 12.8. The van der Waals surface area contributed by atoms with E-state index in [2.05, 4.69) is 106 Å². The summed E-state index contributed by atoms with van der Waals surface area (Å²) in [5, 5.41) is 0. The van der Waals surface area contributed by atoms with Crippen LogP contribution in [-0.4, -0.2) is 37.2 Å². The zero-order valence-corrected chi connectivity index (χ0v) is 41.8. The maximum Gasteiger partial charge on any atom is 0.306 e. The topological polar surface area (TPSA) is 78.9 Å². The van der Waals surface area contributed by atoms with Gasteiger partial charge in [0.05, 0.1) is 0 Å². The minimum atomic E-state index is -0.805. The Morgan fingerprint density at radius 2 is 0.641 bits per heavy atom. The van der Waals surface area contributed by atoms with Crippen LogP contribution in [0.4, 0.5) is 0 Å². The predicted molar refractivity (Wildman–Crippen MR) is 274 cm³/mol. The van der Waals surface area contributed by atoms with Gasteiger partial charge in [0.15, 0.2) is 6.10 Å². The molecule has 0 aliphatic heterocycles. The number of rotatable bonds is 47. The van der Waals surface area contributed by atoms with Crippen molar-refractivity contribution in [2.75, 3.05) is 13.2 Å². The number of hydrogen-bond acceptors (Lipinski definition) is 6. The van der Waals surface area contributed by atoms with Crippen LogP contribution in [0.25, 0.3) is 0 Å². The van der Waals surface area contributed by atoms with Gasteiger partial charge in [-0.1, -0.05) is 202 Å². The molecule has 1 atom stereocenters. The van der Waals surface area contributed by atoms with E-state index in [-0.39, 0.29) is 37.5 Å². The third-order valence-corrected chi connectivity index (χ3v) is 11.1. The fourth-order valence-electron chi connectivity index (χ4n) is 7.11. The van der Waals surface area contributed by atoms with Crippen molar-refractivity contribution in [3.63, 3.8) is 0 Å². The van der Waals surface area contributed by atoms with Gasteiger partial charge in [-0.3, -0.25) is 14.4 Å². The fourth-order valence-corrected chi connectivity index (χ4v) is 7.11. The largest absolute Gasteiger partial charge is 0.462 e. The molecule has 0 fully saturated rings. The van der Waals surface area contributed by atoms with E-state index in [1.165, 1.54) is 89.9 Å². The molecule has 1 unspecified atom stereocenters. The SMILES string of the molecule is CC/C=C\C/C=C\C/C=C\C/C=C\CCCCC(=O)OC(COC(=O)CCCCCCC/C=C\C/C=C\CCC)COC(=O)CCCCCCCCC/C=C\CCCCCCCCC. The Hall–Kier alpha value is -3.41. The molecule has 0 aliphatic carbocycles. The van der Waals surface area contributed by atoms with E-state index in [0.717, 1.165) is 109 Å². The number of carbonyl (C=O) groups is 3. The number of hydrogen-bond donors (Lipinski definition) is 0. The first-order valence-electron chi connectivity index (χ1n) is 26.6. The lowest BCUT2D eigenvalue weighted by Gasteiger charge is -2.18. The van der Waals surface area contributed by atoms with E-state index >= 15 is 0 Å². The zero-order chi connectivity index (χ0) is 46.5. The van der Waals surface area contributed by atoms with Gasteiger partial charge in [-0.05, 0) is 109 Å². The highest BCUT2D eigenvalue weighted by Gasteiger charge is 2.19. The molecule has 0 aromatic rings. The van der Waals surface area contributed by atoms with Crippen LogP contribution >= 0.6 is 0 Å². The van der Waals surface area contributed by atoms with Crippen molar-refractivity contribution in [2.24, 2.45) is 0 Å². The van der Waals surface area contributed by atoms with Crippen LogP contribution in [0.15, 0.2) is 85.1 Å². The number of allylic oxidation sites excluding steroid dienone is 14. The van der Waals surface area contributed by atoms with Crippen molar-refractivity contribution in [1.82, 2.24) is 0 Å². The molecule has 0 aromatic carbocycles. The average Bonchev–Trinajstić information content (AvgIpc) is 3.29.